The van der Waals surface area contributed by atoms with Crippen molar-refractivity contribution in [2.24, 2.45) is 0 Å². The zero-order valence-corrected chi connectivity index (χ0v) is 7.55. The molecule has 0 aliphatic heterocycles. The van der Waals surface area contributed by atoms with Crippen molar-refractivity contribution in [1.29, 1.82) is 0 Å². The summed E-state index contributed by atoms with van der Waals surface area (Å²) in [7, 11) is 0. The third-order valence-electron chi connectivity index (χ3n) is 1.87. The summed E-state index contributed by atoms with van der Waals surface area (Å²) in [5.74, 6) is 0. The molecule has 0 aliphatic rings. The maximum absolute atomic E-state index is 10.0. The van der Waals surface area contributed by atoms with E-state index in [0.717, 1.165) is 11.0 Å². The number of hydrogen-bond donors (Lipinski definition) is 1. The minimum absolute atomic E-state index is 0.546. The van der Waals surface area contributed by atoms with Crippen molar-refractivity contribution in [2.45, 2.75) is 6.54 Å². The molecule has 5 heteroatoms. The first-order chi connectivity index (χ1) is 6.90. The molecule has 0 unspecified atom stereocenters. The maximum Gasteiger partial charge on any atom is 0.207 e. The lowest BCUT2D eigenvalue weighted by Gasteiger charge is -1.96. The van der Waals surface area contributed by atoms with E-state index in [-0.39, 0.29) is 0 Å². The van der Waals surface area contributed by atoms with E-state index in [1.165, 1.54) is 0 Å². The summed E-state index contributed by atoms with van der Waals surface area (Å²) in [6.45, 7) is 1.14. The second kappa shape index (κ2) is 3.87. The standard InChI is InChI=1S/C9H10N4O/c14-7-10-5-6-13-11-8-3-1-2-4-9(8)12-13/h1-4,7H,5-6H2,(H,10,14). The predicted octanol–water partition coefficient (Wildman–Crippen LogP) is 0.177. The number of nitrogens with one attached hydrogen (secondary N) is 1. The first-order valence-electron chi connectivity index (χ1n) is 4.37. The lowest BCUT2D eigenvalue weighted by molar-refractivity contribution is -0.109. The number of hydrogen-bond acceptors (Lipinski definition) is 3. The fraction of sp³-hybridized carbons (Fsp3) is 0.222. The third kappa shape index (κ3) is 1.71. The van der Waals surface area contributed by atoms with Gasteiger partial charge in [-0.05, 0) is 12.1 Å². The normalized spacial score (nSPS) is 10.3. The third-order valence-corrected chi connectivity index (χ3v) is 1.87. The van der Waals surface area contributed by atoms with Crippen LogP contribution in [0.4, 0.5) is 0 Å². The van der Waals surface area contributed by atoms with Crippen molar-refractivity contribution in [1.82, 2.24) is 20.3 Å². The molecule has 14 heavy (non-hydrogen) atoms. The van der Waals surface area contributed by atoms with Gasteiger partial charge in [-0.2, -0.15) is 15.0 Å². The number of carbonyl (C=O) groups excluding carboxylic acids is 1. The van der Waals surface area contributed by atoms with Crippen LogP contribution in [0.25, 0.3) is 11.0 Å². The number of benzene rings is 1. The Hall–Kier alpha value is -1.91. The molecule has 72 valence electrons. The largest absolute Gasteiger partial charge is 0.357 e. The number of aromatic nitrogens is 3. The molecular formula is C9H10N4O. The van der Waals surface area contributed by atoms with Gasteiger partial charge in [0.15, 0.2) is 0 Å². The molecule has 1 N–H and O–H groups in total. The van der Waals surface area contributed by atoms with Gasteiger partial charge in [0.25, 0.3) is 0 Å². The summed E-state index contributed by atoms with van der Waals surface area (Å²) in [4.78, 5) is 11.6. The molecule has 0 saturated carbocycles. The van der Waals surface area contributed by atoms with Crippen molar-refractivity contribution in [3.05, 3.63) is 24.3 Å². The molecular weight excluding hydrogens is 180 g/mol. The van der Waals surface area contributed by atoms with E-state index >= 15 is 0 Å². The van der Waals surface area contributed by atoms with Gasteiger partial charge in [0.2, 0.25) is 6.41 Å². The highest BCUT2D eigenvalue weighted by atomic mass is 16.1. The molecule has 0 saturated heterocycles. The van der Waals surface area contributed by atoms with Gasteiger partial charge in [-0.1, -0.05) is 12.1 Å². The fourth-order valence-corrected chi connectivity index (χ4v) is 1.23. The highest BCUT2D eigenvalue weighted by Gasteiger charge is 1.99. The van der Waals surface area contributed by atoms with Gasteiger partial charge in [-0.25, -0.2) is 0 Å². The monoisotopic (exact) mass is 190 g/mol. The Morgan fingerprint density at radius 1 is 1.29 bits per heavy atom. The summed E-state index contributed by atoms with van der Waals surface area (Å²) in [6.07, 6.45) is 0.670. The summed E-state index contributed by atoms with van der Waals surface area (Å²) in [6, 6.07) is 7.66. The van der Waals surface area contributed by atoms with Gasteiger partial charge >= 0.3 is 0 Å². The van der Waals surface area contributed by atoms with Crippen LogP contribution in [0.1, 0.15) is 0 Å². The topological polar surface area (TPSA) is 59.8 Å². The van der Waals surface area contributed by atoms with E-state index < -0.39 is 0 Å². The van der Waals surface area contributed by atoms with Crippen LogP contribution in [0.5, 0.6) is 0 Å². The Balaban J connectivity index is 2.14. The van der Waals surface area contributed by atoms with E-state index in [2.05, 4.69) is 15.5 Å². The van der Waals surface area contributed by atoms with Crippen LogP contribution >= 0.6 is 0 Å². The summed E-state index contributed by atoms with van der Waals surface area (Å²) in [5, 5.41) is 11.0. The quantitative estimate of drug-likeness (QED) is 0.552. The van der Waals surface area contributed by atoms with Gasteiger partial charge in [-0.15, -0.1) is 0 Å². The zero-order valence-electron chi connectivity index (χ0n) is 7.55. The molecule has 2 rings (SSSR count). The van der Waals surface area contributed by atoms with E-state index in [1.807, 2.05) is 24.3 Å². The molecule has 0 spiro atoms. The van der Waals surface area contributed by atoms with Crippen LogP contribution in [-0.2, 0) is 11.3 Å². The minimum atomic E-state index is 0.546. The lowest BCUT2D eigenvalue weighted by atomic mass is 10.3. The molecule has 0 aliphatic carbocycles. The van der Waals surface area contributed by atoms with E-state index in [1.54, 1.807) is 4.80 Å². The molecule has 2 aromatic rings. The van der Waals surface area contributed by atoms with E-state index in [9.17, 15) is 4.79 Å². The summed E-state index contributed by atoms with van der Waals surface area (Å²) >= 11 is 0. The van der Waals surface area contributed by atoms with Crippen molar-refractivity contribution < 1.29 is 4.79 Å². The molecule has 1 aromatic carbocycles. The Kier molecular flexibility index (Phi) is 2.40. The van der Waals surface area contributed by atoms with Crippen LogP contribution < -0.4 is 5.32 Å². The van der Waals surface area contributed by atoms with Crippen molar-refractivity contribution in [3.63, 3.8) is 0 Å². The van der Waals surface area contributed by atoms with Gasteiger partial charge in [0.05, 0.1) is 6.54 Å². The Labute approximate surface area is 80.7 Å². The number of carbonyl (C=O) groups is 1. The lowest BCUT2D eigenvalue weighted by Crippen LogP contribution is -2.19. The average Bonchev–Trinajstić information content (AvgIpc) is 2.60. The highest BCUT2D eigenvalue weighted by molar-refractivity contribution is 5.72. The van der Waals surface area contributed by atoms with Crippen LogP contribution in [0.3, 0.4) is 0 Å². The number of amides is 1. The number of rotatable bonds is 4. The first-order valence-corrected chi connectivity index (χ1v) is 4.37. The SMILES string of the molecule is O=CNCCn1nc2ccccc2n1. The molecule has 1 heterocycles. The highest BCUT2D eigenvalue weighted by Crippen LogP contribution is 2.06. The van der Waals surface area contributed by atoms with Crippen LogP contribution in [-0.4, -0.2) is 27.9 Å². The average molecular weight is 190 g/mol. The Morgan fingerprint density at radius 3 is 2.50 bits per heavy atom. The fourth-order valence-electron chi connectivity index (χ4n) is 1.23. The number of fused-ring (bicyclic) bond motifs is 1. The Morgan fingerprint density at radius 2 is 1.93 bits per heavy atom. The van der Waals surface area contributed by atoms with Crippen molar-refractivity contribution in [2.75, 3.05) is 6.54 Å². The van der Waals surface area contributed by atoms with Crippen LogP contribution in [0.15, 0.2) is 24.3 Å². The van der Waals surface area contributed by atoms with E-state index in [4.69, 9.17) is 0 Å². The second-order valence-electron chi connectivity index (χ2n) is 2.86. The molecule has 1 amide bonds. The minimum Gasteiger partial charge on any atom is -0.357 e. The first kappa shape index (κ1) is 8.68. The molecule has 0 atom stereocenters. The summed E-state index contributed by atoms with van der Waals surface area (Å²) < 4.78 is 0. The van der Waals surface area contributed by atoms with Crippen molar-refractivity contribution >= 4 is 17.4 Å². The number of nitrogens with zero attached hydrogens (tertiary/aromatic N) is 3. The molecule has 5 nitrogen and oxygen atoms in total. The van der Waals surface area contributed by atoms with Gasteiger partial charge in [-0.3, -0.25) is 4.79 Å². The zero-order chi connectivity index (χ0) is 9.80. The predicted molar refractivity (Wildman–Crippen MR) is 51.6 cm³/mol. The van der Waals surface area contributed by atoms with Gasteiger partial charge < -0.3 is 5.32 Å². The maximum atomic E-state index is 10.0. The summed E-state index contributed by atoms with van der Waals surface area (Å²) in [5.41, 5.74) is 1.75. The smallest absolute Gasteiger partial charge is 0.207 e. The Bertz CT molecular complexity index is 404. The van der Waals surface area contributed by atoms with Crippen LogP contribution in [0.2, 0.25) is 0 Å². The second-order valence-corrected chi connectivity index (χ2v) is 2.86. The van der Waals surface area contributed by atoms with Gasteiger partial charge in [0, 0.05) is 6.54 Å². The molecule has 1 aromatic heterocycles. The van der Waals surface area contributed by atoms with Crippen LogP contribution in [0, 0.1) is 0 Å². The molecule has 0 radical (unpaired) electrons. The van der Waals surface area contributed by atoms with Crippen molar-refractivity contribution in [3.8, 4) is 0 Å². The molecule has 0 bridgehead atoms. The van der Waals surface area contributed by atoms with Gasteiger partial charge in [0.1, 0.15) is 11.0 Å². The molecule has 0 fully saturated rings. The van der Waals surface area contributed by atoms with E-state index in [0.29, 0.717) is 19.5 Å².